The van der Waals surface area contributed by atoms with Crippen molar-refractivity contribution in [2.75, 3.05) is 39.3 Å². The molecule has 112 valence electrons. The van der Waals surface area contributed by atoms with E-state index in [-0.39, 0.29) is 0 Å². The van der Waals surface area contributed by atoms with Crippen LogP contribution in [0.25, 0.3) is 0 Å². The zero-order chi connectivity index (χ0) is 14.4. The molecule has 0 spiro atoms. The van der Waals surface area contributed by atoms with Crippen molar-refractivity contribution in [2.24, 2.45) is 0 Å². The van der Waals surface area contributed by atoms with Gasteiger partial charge in [-0.2, -0.15) is 0 Å². The molecule has 20 heavy (non-hydrogen) atoms. The van der Waals surface area contributed by atoms with Crippen LogP contribution in [0.15, 0.2) is 30.3 Å². The number of benzene rings is 1. The molecule has 2 rings (SSSR count). The molecule has 1 saturated heterocycles. The number of rotatable bonds is 6. The third-order valence-electron chi connectivity index (χ3n) is 4.50. The van der Waals surface area contributed by atoms with Crippen LogP contribution in [0.2, 0.25) is 0 Å². The van der Waals surface area contributed by atoms with Gasteiger partial charge < -0.3 is 10.2 Å². The average Bonchev–Trinajstić information content (AvgIpc) is 2.53. The average molecular weight is 275 g/mol. The van der Waals surface area contributed by atoms with Gasteiger partial charge in [-0.05, 0) is 25.6 Å². The summed E-state index contributed by atoms with van der Waals surface area (Å²) in [7, 11) is 0. The fourth-order valence-corrected chi connectivity index (χ4v) is 3.14. The van der Waals surface area contributed by atoms with Gasteiger partial charge in [-0.25, -0.2) is 0 Å². The van der Waals surface area contributed by atoms with Gasteiger partial charge in [0.05, 0.1) is 0 Å². The van der Waals surface area contributed by atoms with E-state index >= 15 is 0 Å². The van der Waals surface area contributed by atoms with E-state index in [2.05, 4.69) is 66.2 Å². The summed E-state index contributed by atoms with van der Waals surface area (Å²) in [4.78, 5) is 5.17. The molecule has 0 radical (unpaired) electrons. The lowest BCUT2D eigenvalue weighted by Crippen LogP contribution is -2.52. The lowest BCUT2D eigenvalue weighted by Gasteiger charge is -2.41. The molecule has 1 aromatic carbocycles. The van der Waals surface area contributed by atoms with Gasteiger partial charge in [0.15, 0.2) is 0 Å². The highest BCUT2D eigenvalue weighted by atomic mass is 15.3. The fraction of sp³-hybridized carbons (Fsp3) is 0.647. The topological polar surface area (TPSA) is 18.5 Å². The smallest absolute Gasteiger partial charge is 0.0475 e. The van der Waals surface area contributed by atoms with Crippen LogP contribution in [0.4, 0.5) is 0 Å². The van der Waals surface area contributed by atoms with Gasteiger partial charge >= 0.3 is 0 Å². The molecule has 1 aliphatic heterocycles. The first-order valence-corrected chi connectivity index (χ1v) is 8.01. The highest BCUT2D eigenvalue weighted by Gasteiger charge is 2.26. The minimum Gasteiger partial charge on any atom is -0.309 e. The summed E-state index contributed by atoms with van der Waals surface area (Å²) in [5, 5.41) is 3.67. The van der Waals surface area contributed by atoms with Crippen molar-refractivity contribution in [2.45, 2.75) is 32.9 Å². The number of hydrogen-bond acceptors (Lipinski definition) is 3. The van der Waals surface area contributed by atoms with Crippen LogP contribution in [0.1, 0.15) is 32.4 Å². The van der Waals surface area contributed by atoms with E-state index in [1.807, 2.05) is 0 Å². The molecule has 3 heteroatoms. The van der Waals surface area contributed by atoms with Gasteiger partial charge in [0, 0.05) is 38.3 Å². The quantitative estimate of drug-likeness (QED) is 0.860. The molecular weight excluding hydrogens is 246 g/mol. The Labute approximate surface area is 124 Å². The number of likely N-dealkylation sites (N-methyl/N-ethyl adjacent to an activating group) is 2. The molecule has 1 heterocycles. The summed E-state index contributed by atoms with van der Waals surface area (Å²) in [6.07, 6.45) is 0. The molecule has 0 amide bonds. The van der Waals surface area contributed by atoms with Gasteiger partial charge in [0.2, 0.25) is 0 Å². The molecule has 0 saturated carbocycles. The lowest BCUT2D eigenvalue weighted by atomic mass is 9.98. The van der Waals surface area contributed by atoms with E-state index < -0.39 is 0 Å². The summed E-state index contributed by atoms with van der Waals surface area (Å²) in [5.41, 5.74) is 1.40. The van der Waals surface area contributed by atoms with E-state index in [0.717, 1.165) is 6.54 Å². The normalized spacial score (nSPS) is 20.8. The predicted molar refractivity (Wildman–Crippen MR) is 86.0 cm³/mol. The van der Waals surface area contributed by atoms with E-state index in [0.29, 0.717) is 12.1 Å². The van der Waals surface area contributed by atoms with E-state index in [1.165, 1.54) is 38.3 Å². The SMILES string of the molecule is CCNC(c1ccccc1)C(C)N1CCN(CC)CC1. The second-order valence-corrected chi connectivity index (χ2v) is 5.66. The number of nitrogens with one attached hydrogen (secondary N) is 1. The first-order valence-electron chi connectivity index (χ1n) is 8.01. The largest absolute Gasteiger partial charge is 0.309 e. The zero-order valence-corrected chi connectivity index (χ0v) is 13.2. The Morgan fingerprint density at radius 3 is 2.25 bits per heavy atom. The molecule has 1 aromatic rings. The van der Waals surface area contributed by atoms with Crippen LogP contribution < -0.4 is 5.32 Å². The Bertz CT molecular complexity index is 371. The highest BCUT2D eigenvalue weighted by molar-refractivity contribution is 5.20. The molecule has 1 N–H and O–H groups in total. The number of hydrogen-bond donors (Lipinski definition) is 1. The number of nitrogens with zero attached hydrogens (tertiary/aromatic N) is 2. The third-order valence-corrected chi connectivity index (χ3v) is 4.50. The van der Waals surface area contributed by atoms with Crippen LogP contribution >= 0.6 is 0 Å². The molecule has 1 aliphatic rings. The maximum Gasteiger partial charge on any atom is 0.0475 e. The Morgan fingerprint density at radius 2 is 1.70 bits per heavy atom. The van der Waals surface area contributed by atoms with E-state index in [1.54, 1.807) is 0 Å². The molecule has 1 fully saturated rings. The predicted octanol–water partition coefficient (Wildman–Crippen LogP) is 2.36. The summed E-state index contributed by atoms with van der Waals surface area (Å²) in [6.45, 7) is 13.8. The molecule has 3 nitrogen and oxygen atoms in total. The van der Waals surface area contributed by atoms with Gasteiger partial charge in [0.1, 0.15) is 0 Å². The monoisotopic (exact) mass is 275 g/mol. The Kier molecular flexibility index (Phi) is 6.02. The molecular formula is C17H29N3. The summed E-state index contributed by atoms with van der Waals surface area (Å²) in [5.74, 6) is 0. The third kappa shape index (κ3) is 3.81. The van der Waals surface area contributed by atoms with E-state index in [9.17, 15) is 0 Å². The highest BCUT2D eigenvalue weighted by Crippen LogP contribution is 2.22. The van der Waals surface area contributed by atoms with Crippen LogP contribution in [-0.2, 0) is 0 Å². The maximum atomic E-state index is 3.67. The van der Waals surface area contributed by atoms with Crippen LogP contribution in [0, 0.1) is 0 Å². The van der Waals surface area contributed by atoms with Crippen molar-refractivity contribution in [3.63, 3.8) is 0 Å². The van der Waals surface area contributed by atoms with Crippen LogP contribution in [-0.4, -0.2) is 55.1 Å². The Balaban J connectivity index is 2.02. The molecule has 2 atom stereocenters. The molecule has 2 unspecified atom stereocenters. The second-order valence-electron chi connectivity index (χ2n) is 5.66. The maximum absolute atomic E-state index is 3.67. The van der Waals surface area contributed by atoms with Crippen LogP contribution in [0.3, 0.4) is 0 Å². The molecule has 0 bridgehead atoms. The van der Waals surface area contributed by atoms with Crippen molar-refractivity contribution in [3.8, 4) is 0 Å². The first-order chi connectivity index (χ1) is 9.76. The van der Waals surface area contributed by atoms with Gasteiger partial charge in [0.25, 0.3) is 0 Å². The second kappa shape index (κ2) is 7.77. The van der Waals surface area contributed by atoms with Crippen molar-refractivity contribution >= 4 is 0 Å². The summed E-state index contributed by atoms with van der Waals surface area (Å²) >= 11 is 0. The summed E-state index contributed by atoms with van der Waals surface area (Å²) < 4.78 is 0. The van der Waals surface area contributed by atoms with Gasteiger partial charge in [-0.3, -0.25) is 4.90 Å². The van der Waals surface area contributed by atoms with Crippen molar-refractivity contribution in [3.05, 3.63) is 35.9 Å². The fourth-order valence-electron chi connectivity index (χ4n) is 3.14. The van der Waals surface area contributed by atoms with Crippen molar-refractivity contribution in [1.29, 1.82) is 0 Å². The minimum absolute atomic E-state index is 0.425. The van der Waals surface area contributed by atoms with Gasteiger partial charge in [-0.15, -0.1) is 0 Å². The standard InChI is InChI=1S/C17H29N3/c1-4-18-17(16-9-7-6-8-10-16)15(3)20-13-11-19(5-2)12-14-20/h6-10,15,17-18H,4-5,11-14H2,1-3H3. The van der Waals surface area contributed by atoms with Crippen LogP contribution in [0.5, 0.6) is 0 Å². The lowest BCUT2D eigenvalue weighted by molar-refractivity contribution is 0.0887. The van der Waals surface area contributed by atoms with E-state index in [4.69, 9.17) is 0 Å². The zero-order valence-electron chi connectivity index (χ0n) is 13.2. The number of piperazine rings is 1. The molecule has 0 aromatic heterocycles. The van der Waals surface area contributed by atoms with Gasteiger partial charge in [-0.1, -0.05) is 44.2 Å². The first kappa shape index (κ1) is 15.5. The van der Waals surface area contributed by atoms with Crippen molar-refractivity contribution < 1.29 is 0 Å². The van der Waals surface area contributed by atoms with Crippen molar-refractivity contribution in [1.82, 2.24) is 15.1 Å². The Morgan fingerprint density at radius 1 is 1.05 bits per heavy atom. The summed E-state index contributed by atoms with van der Waals surface area (Å²) in [6, 6.07) is 11.8. The Hall–Kier alpha value is -0.900. The minimum atomic E-state index is 0.425. The molecule has 0 aliphatic carbocycles.